The maximum atomic E-state index is 12.2. The van der Waals surface area contributed by atoms with E-state index in [9.17, 15) is 4.79 Å². The van der Waals surface area contributed by atoms with Gasteiger partial charge in [-0.05, 0) is 36.8 Å². The molecule has 0 aliphatic heterocycles. The highest BCUT2D eigenvalue weighted by atomic mass is 35.5. The largest absolute Gasteiger partial charge is 0.288 e. The van der Waals surface area contributed by atoms with Crippen LogP contribution in [0.2, 0.25) is 14.4 Å². The van der Waals surface area contributed by atoms with Crippen molar-refractivity contribution in [1.29, 1.82) is 0 Å². The van der Waals surface area contributed by atoms with E-state index in [1.54, 1.807) is 24.3 Å². The second-order valence-electron chi connectivity index (χ2n) is 3.52. The highest BCUT2D eigenvalue weighted by Gasteiger charge is 2.16. The number of hydrogen-bond acceptors (Lipinski definition) is 2. The molecule has 1 heterocycles. The predicted octanol–water partition coefficient (Wildman–Crippen LogP) is 5.25. The second kappa shape index (κ2) is 4.99. The van der Waals surface area contributed by atoms with Crippen LogP contribution in [-0.4, -0.2) is 5.78 Å². The van der Waals surface area contributed by atoms with Gasteiger partial charge < -0.3 is 0 Å². The molecule has 0 saturated heterocycles. The number of benzene rings is 1. The summed E-state index contributed by atoms with van der Waals surface area (Å²) in [5.41, 5.74) is 1.29. The lowest BCUT2D eigenvalue weighted by atomic mass is 10.1. The van der Waals surface area contributed by atoms with Gasteiger partial charge in [0.15, 0.2) is 0 Å². The van der Waals surface area contributed by atoms with E-state index >= 15 is 0 Å². The Morgan fingerprint density at radius 3 is 2.47 bits per heavy atom. The topological polar surface area (TPSA) is 17.1 Å². The number of thiophene rings is 1. The van der Waals surface area contributed by atoms with Gasteiger partial charge in [-0.15, -0.1) is 11.3 Å². The van der Waals surface area contributed by atoms with E-state index in [4.69, 9.17) is 34.8 Å². The van der Waals surface area contributed by atoms with Crippen LogP contribution in [0, 0.1) is 6.92 Å². The molecule has 5 heteroatoms. The summed E-state index contributed by atoms with van der Waals surface area (Å²) in [5, 5.41) is 0.874. The third-order valence-corrected chi connectivity index (χ3v) is 4.37. The average molecular weight is 306 g/mol. The van der Waals surface area contributed by atoms with E-state index in [0.717, 1.165) is 5.56 Å². The minimum absolute atomic E-state index is 0.155. The van der Waals surface area contributed by atoms with Gasteiger partial charge in [0, 0.05) is 10.6 Å². The van der Waals surface area contributed by atoms with E-state index < -0.39 is 0 Å². The number of hydrogen-bond donors (Lipinski definition) is 0. The molecule has 1 aromatic heterocycles. The Kier molecular flexibility index (Phi) is 3.79. The molecule has 17 heavy (non-hydrogen) atoms. The summed E-state index contributed by atoms with van der Waals surface area (Å²) in [4.78, 5) is 12.8. The van der Waals surface area contributed by atoms with Crippen LogP contribution in [0.4, 0.5) is 0 Å². The van der Waals surface area contributed by atoms with Crippen LogP contribution < -0.4 is 0 Å². The van der Waals surface area contributed by atoms with E-state index in [0.29, 0.717) is 24.8 Å². The minimum Gasteiger partial charge on any atom is -0.288 e. The van der Waals surface area contributed by atoms with Crippen molar-refractivity contribution in [3.63, 3.8) is 0 Å². The molecule has 0 N–H and O–H groups in total. The first kappa shape index (κ1) is 12.9. The molecular formula is C12H7Cl3OS. The maximum absolute atomic E-state index is 12.2. The number of ketones is 1. The molecular weight excluding hydrogens is 299 g/mol. The first-order chi connectivity index (χ1) is 7.99. The third-order valence-electron chi connectivity index (χ3n) is 2.25. The lowest BCUT2D eigenvalue weighted by Crippen LogP contribution is -1.99. The number of halogens is 3. The highest BCUT2D eigenvalue weighted by Crippen LogP contribution is 2.31. The summed E-state index contributed by atoms with van der Waals surface area (Å²) in [6, 6.07) is 6.58. The van der Waals surface area contributed by atoms with E-state index in [-0.39, 0.29) is 5.78 Å². The molecule has 0 bridgehead atoms. The van der Waals surface area contributed by atoms with Gasteiger partial charge in [0.2, 0.25) is 5.78 Å². The Balaban J connectivity index is 2.47. The van der Waals surface area contributed by atoms with Crippen molar-refractivity contribution >= 4 is 51.9 Å². The molecule has 0 amide bonds. The van der Waals surface area contributed by atoms with Crippen molar-refractivity contribution in [3.8, 4) is 0 Å². The van der Waals surface area contributed by atoms with Gasteiger partial charge in [0.25, 0.3) is 0 Å². The first-order valence-electron chi connectivity index (χ1n) is 4.74. The van der Waals surface area contributed by atoms with Gasteiger partial charge >= 0.3 is 0 Å². The molecule has 0 fully saturated rings. The van der Waals surface area contributed by atoms with Crippen LogP contribution in [-0.2, 0) is 0 Å². The Morgan fingerprint density at radius 1 is 1.18 bits per heavy atom. The monoisotopic (exact) mass is 304 g/mol. The van der Waals surface area contributed by atoms with Crippen molar-refractivity contribution in [2.45, 2.75) is 6.92 Å². The lowest BCUT2D eigenvalue weighted by molar-refractivity contribution is 0.104. The number of rotatable bonds is 2. The lowest BCUT2D eigenvalue weighted by Gasteiger charge is -2.01. The van der Waals surface area contributed by atoms with Crippen LogP contribution in [0.3, 0.4) is 0 Å². The van der Waals surface area contributed by atoms with Crippen molar-refractivity contribution in [3.05, 3.63) is 54.7 Å². The summed E-state index contributed by atoms with van der Waals surface area (Å²) in [7, 11) is 0. The van der Waals surface area contributed by atoms with Crippen molar-refractivity contribution in [2.75, 3.05) is 0 Å². The number of carbonyl (C=O) groups excluding carboxylic acids is 1. The zero-order valence-corrected chi connectivity index (χ0v) is 11.8. The summed E-state index contributed by atoms with van der Waals surface area (Å²) >= 11 is 19.0. The third kappa shape index (κ3) is 2.66. The Morgan fingerprint density at radius 2 is 1.88 bits per heavy atom. The van der Waals surface area contributed by atoms with Gasteiger partial charge in [-0.25, -0.2) is 0 Å². The molecule has 0 aliphatic rings. The molecule has 2 aromatic rings. The molecule has 1 nitrogen and oxygen atoms in total. The van der Waals surface area contributed by atoms with Crippen LogP contribution in [0.5, 0.6) is 0 Å². The fraction of sp³-hybridized carbons (Fsp3) is 0.0833. The van der Waals surface area contributed by atoms with Crippen molar-refractivity contribution < 1.29 is 4.79 Å². The summed E-state index contributed by atoms with van der Waals surface area (Å²) in [5.74, 6) is -0.155. The second-order valence-corrected chi connectivity index (χ2v) is 6.02. The van der Waals surface area contributed by atoms with E-state index in [2.05, 4.69) is 0 Å². The SMILES string of the molecule is Cc1cc(C(=O)c2cc(Cl)ccc2Cl)sc1Cl. The van der Waals surface area contributed by atoms with E-state index in [1.807, 2.05) is 6.92 Å². The fourth-order valence-electron chi connectivity index (χ4n) is 1.38. The smallest absolute Gasteiger partial charge is 0.204 e. The summed E-state index contributed by atoms with van der Waals surface area (Å²) in [6.07, 6.45) is 0. The van der Waals surface area contributed by atoms with Crippen LogP contribution in [0.25, 0.3) is 0 Å². The Hall–Kier alpha value is -0.540. The molecule has 2 rings (SSSR count). The molecule has 0 atom stereocenters. The standard InChI is InChI=1S/C12H7Cl3OS/c1-6-4-10(17-12(6)15)11(16)8-5-7(13)2-3-9(8)14/h2-5H,1H3. The molecule has 0 radical (unpaired) electrons. The Bertz CT molecular complexity index is 570. The van der Waals surface area contributed by atoms with Crippen molar-refractivity contribution in [2.24, 2.45) is 0 Å². The van der Waals surface area contributed by atoms with Crippen LogP contribution in [0.15, 0.2) is 24.3 Å². The van der Waals surface area contributed by atoms with Gasteiger partial charge in [0.1, 0.15) is 0 Å². The molecule has 1 aromatic carbocycles. The molecule has 0 spiro atoms. The first-order valence-corrected chi connectivity index (χ1v) is 6.70. The zero-order valence-electron chi connectivity index (χ0n) is 8.76. The highest BCUT2D eigenvalue weighted by molar-refractivity contribution is 7.18. The maximum Gasteiger partial charge on any atom is 0.204 e. The van der Waals surface area contributed by atoms with Crippen LogP contribution >= 0.6 is 46.1 Å². The summed E-state index contributed by atoms with van der Waals surface area (Å²) in [6.45, 7) is 1.86. The average Bonchev–Trinajstić information content (AvgIpc) is 2.62. The quantitative estimate of drug-likeness (QED) is 0.693. The molecule has 0 aliphatic carbocycles. The van der Waals surface area contributed by atoms with Gasteiger partial charge in [0.05, 0.1) is 14.2 Å². The fourth-order valence-corrected chi connectivity index (χ4v) is 2.91. The van der Waals surface area contributed by atoms with Crippen LogP contribution in [0.1, 0.15) is 20.8 Å². The predicted molar refractivity (Wildman–Crippen MR) is 74.0 cm³/mol. The molecule has 0 unspecified atom stereocenters. The summed E-state index contributed by atoms with van der Waals surface area (Å²) < 4.78 is 0.617. The van der Waals surface area contributed by atoms with Gasteiger partial charge in [-0.2, -0.15) is 0 Å². The molecule has 0 saturated carbocycles. The minimum atomic E-state index is -0.155. The normalized spacial score (nSPS) is 10.6. The number of carbonyl (C=O) groups is 1. The number of aryl methyl sites for hydroxylation is 1. The zero-order chi connectivity index (χ0) is 12.6. The van der Waals surface area contributed by atoms with Gasteiger partial charge in [-0.3, -0.25) is 4.79 Å². The molecule has 88 valence electrons. The van der Waals surface area contributed by atoms with E-state index in [1.165, 1.54) is 11.3 Å². The Labute approximate surface area is 118 Å². The van der Waals surface area contributed by atoms with Gasteiger partial charge in [-0.1, -0.05) is 34.8 Å². The van der Waals surface area contributed by atoms with Crippen molar-refractivity contribution in [1.82, 2.24) is 0 Å².